The van der Waals surface area contributed by atoms with Crippen molar-refractivity contribution < 1.29 is 23.9 Å². The third-order valence-electron chi connectivity index (χ3n) is 4.46. The Kier molecular flexibility index (Phi) is 6.22. The largest absolute Gasteiger partial charge is 0.463 e. The van der Waals surface area contributed by atoms with E-state index in [9.17, 15) is 14.4 Å². The fraction of sp³-hybridized carbons (Fsp3) is 0.227. The quantitative estimate of drug-likeness (QED) is 0.460. The van der Waals surface area contributed by atoms with Crippen LogP contribution in [-0.4, -0.2) is 29.5 Å². The lowest BCUT2D eigenvalue weighted by molar-refractivity contribution is -0.151. The van der Waals surface area contributed by atoms with Crippen molar-refractivity contribution in [1.29, 1.82) is 0 Å². The van der Waals surface area contributed by atoms with E-state index in [1.54, 1.807) is 6.20 Å². The molecule has 0 saturated heterocycles. The Bertz CT molecular complexity index is 991. The standard InChI is InChI=1S/C22H21NO5/c1-27-21(25)20(24)13-7-10-17-14-23(19-12-6-5-11-18(17)19)22(26)28-15-16-8-3-2-4-9-16/h2-6,8-9,11-12,14H,7,10,13,15H2,1H3. The maximum absolute atomic E-state index is 12.6. The van der Waals surface area contributed by atoms with E-state index < -0.39 is 17.8 Å². The Hall–Kier alpha value is -3.41. The Morgan fingerprint density at radius 2 is 1.68 bits per heavy atom. The molecule has 0 aliphatic carbocycles. The van der Waals surface area contributed by atoms with Gasteiger partial charge in [-0.2, -0.15) is 0 Å². The summed E-state index contributed by atoms with van der Waals surface area (Å²) in [6.07, 6.45) is 2.42. The van der Waals surface area contributed by atoms with Crippen LogP contribution in [-0.2, 0) is 32.1 Å². The molecule has 0 unspecified atom stereocenters. The number of esters is 1. The van der Waals surface area contributed by atoms with Crippen molar-refractivity contribution in [2.45, 2.75) is 25.9 Å². The minimum Gasteiger partial charge on any atom is -0.463 e. The predicted molar refractivity (Wildman–Crippen MR) is 104 cm³/mol. The van der Waals surface area contributed by atoms with Crippen LogP contribution in [0.3, 0.4) is 0 Å². The smallest absolute Gasteiger partial charge is 0.418 e. The summed E-state index contributed by atoms with van der Waals surface area (Å²) < 4.78 is 11.3. The van der Waals surface area contributed by atoms with Crippen molar-refractivity contribution in [3.63, 3.8) is 0 Å². The number of benzene rings is 2. The first kappa shape index (κ1) is 19.4. The predicted octanol–water partition coefficient (Wildman–Crippen LogP) is 3.89. The molecule has 3 aromatic rings. The van der Waals surface area contributed by atoms with Crippen LogP contribution >= 0.6 is 0 Å². The molecule has 144 valence electrons. The Labute approximate surface area is 162 Å². The van der Waals surface area contributed by atoms with Crippen molar-refractivity contribution in [1.82, 2.24) is 4.57 Å². The summed E-state index contributed by atoms with van der Waals surface area (Å²) in [4.78, 5) is 35.4. The molecular weight excluding hydrogens is 358 g/mol. The Balaban J connectivity index is 1.72. The molecule has 0 amide bonds. The van der Waals surface area contributed by atoms with Crippen molar-refractivity contribution in [3.8, 4) is 0 Å². The molecule has 6 nitrogen and oxygen atoms in total. The molecule has 0 radical (unpaired) electrons. The van der Waals surface area contributed by atoms with Crippen LogP contribution in [0.1, 0.15) is 24.0 Å². The molecule has 0 spiro atoms. The molecule has 0 aliphatic heterocycles. The van der Waals surface area contributed by atoms with Gasteiger partial charge in [0.15, 0.2) is 0 Å². The first-order valence-corrected chi connectivity index (χ1v) is 9.01. The second kappa shape index (κ2) is 8.99. The van der Waals surface area contributed by atoms with Crippen molar-refractivity contribution >= 4 is 28.7 Å². The van der Waals surface area contributed by atoms with Gasteiger partial charge in [0, 0.05) is 18.0 Å². The molecule has 0 atom stereocenters. The van der Waals surface area contributed by atoms with Crippen LogP contribution < -0.4 is 0 Å². The fourth-order valence-electron chi connectivity index (χ4n) is 3.04. The lowest BCUT2D eigenvalue weighted by Crippen LogP contribution is -2.15. The van der Waals surface area contributed by atoms with E-state index in [4.69, 9.17) is 4.74 Å². The number of rotatable bonds is 7. The van der Waals surface area contributed by atoms with Gasteiger partial charge < -0.3 is 9.47 Å². The van der Waals surface area contributed by atoms with E-state index in [1.807, 2.05) is 54.6 Å². The second-order valence-electron chi connectivity index (χ2n) is 6.35. The third-order valence-corrected chi connectivity index (χ3v) is 4.46. The van der Waals surface area contributed by atoms with Crippen LogP contribution in [0.25, 0.3) is 10.9 Å². The Morgan fingerprint density at radius 1 is 0.964 bits per heavy atom. The number of para-hydroxylation sites is 1. The third kappa shape index (κ3) is 4.46. The summed E-state index contributed by atoms with van der Waals surface area (Å²) in [5.74, 6) is -1.37. The average molecular weight is 379 g/mol. The van der Waals surface area contributed by atoms with Crippen LogP contribution in [0, 0.1) is 0 Å². The number of methoxy groups -OCH3 is 1. The molecule has 1 aromatic heterocycles. The van der Waals surface area contributed by atoms with Crippen molar-refractivity contribution in [2.24, 2.45) is 0 Å². The molecule has 6 heteroatoms. The molecule has 3 rings (SSSR count). The molecular formula is C22H21NO5. The van der Waals surface area contributed by atoms with Crippen LogP contribution in [0.15, 0.2) is 60.8 Å². The first-order chi connectivity index (χ1) is 13.6. The average Bonchev–Trinajstić information content (AvgIpc) is 3.11. The van der Waals surface area contributed by atoms with Crippen LogP contribution in [0.4, 0.5) is 4.79 Å². The number of hydrogen-bond acceptors (Lipinski definition) is 5. The number of nitrogens with zero attached hydrogens (tertiary/aromatic N) is 1. The zero-order valence-corrected chi connectivity index (χ0v) is 15.6. The summed E-state index contributed by atoms with van der Waals surface area (Å²) >= 11 is 0. The van der Waals surface area contributed by atoms with Gasteiger partial charge in [-0.3, -0.25) is 9.36 Å². The van der Waals surface area contributed by atoms with Gasteiger partial charge in [-0.15, -0.1) is 0 Å². The number of fused-ring (bicyclic) bond motifs is 1. The highest BCUT2D eigenvalue weighted by atomic mass is 16.5. The lowest BCUT2D eigenvalue weighted by atomic mass is 10.1. The molecule has 0 bridgehead atoms. The van der Waals surface area contributed by atoms with Gasteiger partial charge in [0.05, 0.1) is 12.6 Å². The van der Waals surface area contributed by atoms with Crippen LogP contribution in [0.2, 0.25) is 0 Å². The monoisotopic (exact) mass is 379 g/mol. The zero-order valence-electron chi connectivity index (χ0n) is 15.6. The molecule has 2 aromatic carbocycles. The van der Waals surface area contributed by atoms with E-state index in [-0.39, 0.29) is 13.0 Å². The fourth-order valence-corrected chi connectivity index (χ4v) is 3.04. The van der Waals surface area contributed by atoms with E-state index in [0.29, 0.717) is 12.8 Å². The molecule has 0 aliphatic rings. The highest BCUT2D eigenvalue weighted by molar-refractivity contribution is 6.33. The summed E-state index contributed by atoms with van der Waals surface area (Å²) in [5, 5.41) is 0.921. The number of ketones is 1. The number of aromatic nitrogens is 1. The molecule has 0 N–H and O–H groups in total. The van der Waals surface area contributed by atoms with Gasteiger partial charge in [0.1, 0.15) is 6.61 Å². The number of hydrogen-bond donors (Lipinski definition) is 0. The molecule has 0 fully saturated rings. The normalized spacial score (nSPS) is 10.6. The van der Waals surface area contributed by atoms with Gasteiger partial charge >= 0.3 is 12.1 Å². The van der Waals surface area contributed by atoms with Crippen LogP contribution in [0.5, 0.6) is 0 Å². The van der Waals surface area contributed by atoms with E-state index in [2.05, 4.69) is 4.74 Å². The van der Waals surface area contributed by atoms with Crippen molar-refractivity contribution in [2.75, 3.05) is 7.11 Å². The van der Waals surface area contributed by atoms with Gasteiger partial charge in [-0.05, 0) is 30.0 Å². The van der Waals surface area contributed by atoms with Gasteiger partial charge in [-0.25, -0.2) is 9.59 Å². The number of carbonyl (C=O) groups excluding carboxylic acids is 3. The molecule has 0 saturated carbocycles. The lowest BCUT2D eigenvalue weighted by Gasteiger charge is -2.06. The SMILES string of the molecule is COC(=O)C(=O)CCCc1cn(C(=O)OCc2ccccc2)c2ccccc12. The van der Waals surface area contributed by atoms with Crippen molar-refractivity contribution in [3.05, 3.63) is 71.9 Å². The van der Waals surface area contributed by atoms with E-state index >= 15 is 0 Å². The molecule has 28 heavy (non-hydrogen) atoms. The van der Waals surface area contributed by atoms with Gasteiger partial charge in [0.25, 0.3) is 0 Å². The maximum Gasteiger partial charge on any atom is 0.418 e. The number of ether oxygens (including phenoxy) is 2. The topological polar surface area (TPSA) is 74.6 Å². The van der Waals surface area contributed by atoms with E-state index in [0.717, 1.165) is 22.0 Å². The van der Waals surface area contributed by atoms with E-state index in [1.165, 1.54) is 11.7 Å². The zero-order chi connectivity index (χ0) is 19.9. The number of aryl methyl sites for hydroxylation is 1. The number of carbonyl (C=O) groups is 3. The maximum atomic E-state index is 12.6. The summed E-state index contributed by atoms with van der Waals surface area (Å²) in [6.45, 7) is 0.190. The first-order valence-electron chi connectivity index (χ1n) is 9.01. The minimum absolute atomic E-state index is 0.102. The summed E-state index contributed by atoms with van der Waals surface area (Å²) in [7, 11) is 1.19. The summed E-state index contributed by atoms with van der Waals surface area (Å²) in [5.41, 5.74) is 2.58. The molecule has 1 heterocycles. The minimum atomic E-state index is -0.827. The van der Waals surface area contributed by atoms with Gasteiger partial charge in [0.2, 0.25) is 5.78 Å². The number of Topliss-reactive ketones (excluding diaryl/α,β-unsaturated/α-hetero) is 1. The highest BCUT2D eigenvalue weighted by Gasteiger charge is 2.17. The van der Waals surface area contributed by atoms with Gasteiger partial charge in [-0.1, -0.05) is 48.5 Å². The summed E-state index contributed by atoms with van der Waals surface area (Å²) in [6, 6.07) is 17.0. The second-order valence-corrected chi connectivity index (χ2v) is 6.35. The Morgan fingerprint density at radius 3 is 2.43 bits per heavy atom. The highest BCUT2D eigenvalue weighted by Crippen LogP contribution is 2.23.